The van der Waals surface area contributed by atoms with E-state index in [1.807, 2.05) is 0 Å². The maximum atomic E-state index is 5.36. The van der Waals surface area contributed by atoms with Gasteiger partial charge in [0.15, 0.2) is 0 Å². The number of nitrogens with two attached hydrogens (primary N) is 2. The second kappa shape index (κ2) is 10.8. The van der Waals surface area contributed by atoms with Gasteiger partial charge in [-0.05, 0) is 19.4 Å². The van der Waals surface area contributed by atoms with Crippen LogP contribution in [0.4, 0.5) is 0 Å². The molecule has 4 nitrogen and oxygen atoms in total. The maximum absolute atomic E-state index is 5.36. The zero-order valence-electron chi connectivity index (χ0n) is 7.63. The van der Waals surface area contributed by atoms with E-state index in [9.17, 15) is 0 Å². The van der Waals surface area contributed by atoms with Crippen molar-refractivity contribution in [3.05, 3.63) is 0 Å². The fraction of sp³-hybridized carbons (Fsp3) is 1.00. The fourth-order valence-electron chi connectivity index (χ4n) is 1.06. The van der Waals surface area contributed by atoms with Crippen LogP contribution in [0.15, 0.2) is 0 Å². The van der Waals surface area contributed by atoms with Crippen molar-refractivity contribution in [3.63, 3.8) is 0 Å². The molecule has 0 saturated carbocycles. The van der Waals surface area contributed by atoms with Gasteiger partial charge in [-0.25, -0.2) is 4.89 Å². The molecule has 0 aliphatic carbocycles. The molecule has 12 heavy (non-hydrogen) atoms. The van der Waals surface area contributed by atoms with Crippen LogP contribution in [0.1, 0.15) is 38.5 Å². The molecule has 0 unspecified atom stereocenters. The van der Waals surface area contributed by atoms with Crippen LogP contribution in [0.3, 0.4) is 0 Å². The number of hydrogen-bond acceptors (Lipinski definition) is 4. The fourth-order valence-corrected chi connectivity index (χ4v) is 1.06. The molecule has 0 atom stereocenters. The van der Waals surface area contributed by atoms with Crippen molar-refractivity contribution in [2.75, 3.05) is 13.2 Å². The van der Waals surface area contributed by atoms with Crippen molar-refractivity contribution < 1.29 is 9.88 Å². The van der Waals surface area contributed by atoms with E-state index in [2.05, 4.69) is 15.8 Å². The van der Waals surface area contributed by atoms with Crippen molar-refractivity contribution in [3.8, 4) is 0 Å². The van der Waals surface area contributed by atoms with Gasteiger partial charge in [-0.3, -0.25) is 0 Å². The molecule has 0 radical (unpaired) electrons. The van der Waals surface area contributed by atoms with E-state index in [0.717, 1.165) is 19.4 Å². The van der Waals surface area contributed by atoms with Crippen molar-refractivity contribution in [2.45, 2.75) is 38.5 Å². The molecule has 0 heterocycles. The molecule has 0 aliphatic rings. The van der Waals surface area contributed by atoms with Crippen LogP contribution < -0.4 is 11.6 Å². The van der Waals surface area contributed by atoms with E-state index in [4.69, 9.17) is 5.73 Å². The SMILES string of the molecule is NCCCCCCCCOON. The molecule has 0 spiro atoms. The van der Waals surface area contributed by atoms with E-state index in [-0.39, 0.29) is 0 Å². The third kappa shape index (κ3) is 9.84. The minimum Gasteiger partial charge on any atom is -0.330 e. The zero-order chi connectivity index (χ0) is 9.07. The molecule has 0 rings (SSSR count). The molecule has 0 fully saturated rings. The van der Waals surface area contributed by atoms with Gasteiger partial charge in [0, 0.05) is 0 Å². The smallest absolute Gasteiger partial charge is 0.0842 e. The lowest BCUT2D eigenvalue weighted by atomic mass is 10.1. The van der Waals surface area contributed by atoms with Crippen molar-refractivity contribution >= 4 is 0 Å². The van der Waals surface area contributed by atoms with E-state index in [1.54, 1.807) is 0 Å². The van der Waals surface area contributed by atoms with Crippen LogP contribution in [-0.4, -0.2) is 13.2 Å². The summed E-state index contributed by atoms with van der Waals surface area (Å²) in [6.07, 6.45) is 7.08. The molecule has 0 aliphatic heterocycles. The summed E-state index contributed by atoms with van der Waals surface area (Å²) in [6, 6.07) is 0. The highest BCUT2D eigenvalue weighted by Crippen LogP contribution is 2.04. The Hall–Kier alpha value is -0.160. The maximum Gasteiger partial charge on any atom is 0.0842 e. The van der Waals surface area contributed by atoms with Gasteiger partial charge in [0.25, 0.3) is 0 Å². The number of hydrogen-bond donors (Lipinski definition) is 2. The standard InChI is InChI=1S/C8H20N2O2/c9-7-5-3-1-2-4-6-8-11-12-10/h1-10H2. The third-order valence-electron chi connectivity index (χ3n) is 1.75. The highest BCUT2D eigenvalue weighted by molar-refractivity contribution is 4.44. The van der Waals surface area contributed by atoms with Gasteiger partial charge < -0.3 is 5.73 Å². The topological polar surface area (TPSA) is 70.5 Å². The van der Waals surface area contributed by atoms with Gasteiger partial charge in [0.2, 0.25) is 0 Å². The molecule has 0 aromatic carbocycles. The Bertz CT molecular complexity index is 71.5. The average Bonchev–Trinajstić information content (AvgIpc) is 2.10. The number of unbranched alkanes of at least 4 members (excludes halogenated alkanes) is 5. The molecule has 0 aromatic heterocycles. The lowest BCUT2D eigenvalue weighted by Crippen LogP contribution is -2.02. The Morgan fingerprint density at radius 1 is 0.833 bits per heavy atom. The number of rotatable bonds is 9. The van der Waals surface area contributed by atoms with E-state index in [1.165, 1.54) is 25.7 Å². The molecule has 74 valence electrons. The summed E-state index contributed by atoms with van der Waals surface area (Å²) in [6.45, 7) is 1.40. The van der Waals surface area contributed by atoms with E-state index < -0.39 is 0 Å². The Morgan fingerprint density at radius 2 is 1.42 bits per heavy atom. The quantitative estimate of drug-likeness (QED) is 0.313. The highest BCUT2D eigenvalue weighted by Gasteiger charge is 1.90. The van der Waals surface area contributed by atoms with Crippen molar-refractivity contribution in [2.24, 2.45) is 11.6 Å². The summed E-state index contributed by atoms with van der Waals surface area (Å²) in [5, 5.41) is 0. The average molecular weight is 176 g/mol. The molecule has 0 aromatic rings. The molecular weight excluding hydrogens is 156 g/mol. The van der Waals surface area contributed by atoms with Crippen LogP contribution in [-0.2, 0) is 9.88 Å². The van der Waals surface area contributed by atoms with Gasteiger partial charge in [-0.2, -0.15) is 5.90 Å². The molecule has 0 saturated heterocycles. The molecule has 0 bridgehead atoms. The summed E-state index contributed by atoms with van der Waals surface area (Å²) in [4.78, 5) is 8.49. The summed E-state index contributed by atoms with van der Waals surface area (Å²) in [5.74, 6) is 4.67. The first-order valence-corrected chi connectivity index (χ1v) is 4.60. The van der Waals surface area contributed by atoms with Gasteiger partial charge in [-0.15, -0.1) is 4.99 Å². The Morgan fingerprint density at radius 3 is 2.00 bits per heavy atom. The van der Waals surface area contributed by atoms with Crippen LogP contribution in [0, 0.1) is 0 Å². The summed E-state index contributed by atoms with van der Waals surface area (Å²) >= 11 is 0. The van der Waals surface area contributed by atoms with Crippen molar-refractivity contribution in [1.29, 1.82) is 0 Å². The van der Waals surface area contributed by atoms with Gasteiger partial charge in [0.1, 0.15) is 0 Å². The minimum atomic E-state index is 0.591. The first-order chi connectivity index (χ1) is 5.91. The monoisotopic (exact) mass is 176 g/mol. The first-order valence-electron chi connectivity index (χ1n) is 4.60. The summed E-state index contributed by atoms with van der Waals surface area (Å²) in [7, 11) is 0. The molecule has 0 amide bonds. The van der Waals surface area contributed by atoms with Crippen LogP contribution >= 0.6 is 0 Å². The molecule has 4 heteroatoms. The van der Waals surface area contributed by atoms with Gasteiger partial charge >= 0.3 is 0 Å². The van der Waals surface area contributed by atoms with Crippen LogP contribution in [0.5, 0.6) is 0 Å². The molecule has 4 N–H and O–H groups in total. The van der Waals surface area contributed by atoms with Crippen LogP contribution in [0.2, 0.25) is 0 Å². The van der Waals surface area contributed by atoms with E-state index >= 15 is 0 Å². The van der Waals surface area contributed by atoms with Gasteiger partial charge in [0.05, 0.1) is 6.61 Å². The highest BCUT2D eigenvalue weighted by atomic mass is 17.3. The van der Waals surface area contributed by atoms with Crippen LogP contribution in [0.25, 0.3) is 0 Å². The van der Waals surface area contributed by atoms with Crippen molar-refractivity contribution in [1.82, 2.24) is 0 Å². The first kappa shape index (κ1) is 11.8. The lowest BCUT2D eigenvalue weighted by molar-refractivity contribution is -0.299. The van der Waals surface area contributed by atoms with E-state index in [0.29, 0.717) is 6.61 Å². The largest absolute Gasteiger partial charge is 0.330 e. The van der Waals surface area contributed by atoms with Gasteiger partial charge in [-0.1, -0.05) is 25.7 Å². The minimum absolute atomic E-state index is 0.591. The second-order valence-electron chi connectivity index (χ2n) is 2.83. The Balaban J connectivity index is 2.73. The Kier molecular flexibility index (Phi) is 10.7. The predicted octanol–water partition coefficient (Wildman–Crippen LogP) is 1.11. The second-order valence-corrected chi connectivity index (χ2v) is 2.83. The Labute approximate surface area is 74.1 Å². The third-order valence-corrected chi connectivity index (χ3v) is 1.75. The predicted molar refractivity (Wildman–Crippen MR) is 48.0 cm³/mol. The summed E-state index contributed by atoms with van der Waals surface area (Å²) in [5.41, 5.74) is 5.36. The normalized spacial score (nSPS) is 10.5. The lowest BCUT2D eigenvalue weighted by Gasteiger charge is -2.00. The summed E-state index contributed by atoms with van der Waals surface area (Å²) < 4.78 is 0. The molecular formula is C8H20N2O2. The zero-order valence-corrected chi connectivity index (χ0v) is 7.63.